The molecule has 1 aromatic carbocycles. The van der Waals surface area contributed by atoms with Crippen molar-refractivity contribution in [3.63, 3.8) is 0 Å². The lowest BCUT2D eigenvalue weighted by molar-refractivity contribution is 0.411. The van der Waals surface area contributed by atoms with Gasteiger partial charge in [0.05, 0.1) is 7.11 Å². The van der Waals surface area contributed by atoms with E-state index >= 15 is 0 Å². The van der Waals surface area contributed by atoms with Crippen LogP contribution in [0.1, 0.15) is 11.1 Å². The largest absolute Gasteiger partial charge is 0.496 e. The van der Waals surface area contributed by atoms with E-state index < -0.39 is 0 Å². The molecule has 2 N–H and O–H groups in total. The molecule has 0 spiro atoms. The molecule has 0 fully saturated rings. The molecule has 3 nitrogen and oxygen atoms in total. The van der Waals surface area contributed by atoms with Gasteiger partial charge in [0.2, 0.25) is 0 Å². The van der Waals surface area contributed by atoms with E-state index in [0.717, 1.165) is 29.4 Å². The fourth-order valence-electron chi connectivity index (χ4n) is 1.50. The molecule has 1 aromatic rings. The highest BCUT2D eigenvalue weighted by Gasteiger charge is 2.04. The zero-order valence-electron chi connectivity index (χ0n) is 10.9. The van der Waals surface area contributed by atoms with E-state index in [2.05, 4.69) is 25.1 Å². The number of rotatable bonds is 7. The quantitative estimate of drug-likeness (QED) is 0.755. The lowest BCUT2D eigenvalue weighted by Crippen LogP contribution is -2.14. The number of thioether (sulfide) groups is 1. The van der Waals surface area contributed by atoms with E-state index in [9.17, 15) is 0 Å². The number of nitrogens with zero attached hydrogens (tertiary/aromatic N) is 1. The van der Waals surface area contributed by atoms with Gasteiger partial charge in [-0.05, 0) is 31.8 Å². The minimum Gasteiger partial charge on any atom is -0.496 e. The first-order valence-electron chi connectivity index (χ1n) is 5.75. The van der Waals surface area contributed by atoms with Crippen molar-refractivity contribution in [3.05, 3.63) is 29.3 Å². The Morgan fingerprint density at radius 1 is 1.35 bits per heavy atom. The Kier molecular flexibility index (Phi) is 6.40. The highest BCUT2D eigenvalue weighted by molar-refractivity contribution is 7.98. The van der Waals surface area contributed by atoms with Crippen LogP contribution in [0, 0.1) is 0 Å². The Bertz CT molecular complexity index is 342. The summed E-state index contributed by atoms with van der Waals surface area (Å²) in [6, 6.07) is 6.17. The molecule has 96 valence electrons. The van der Waals surface area contributed by atoms with Crippen molar-refractivity contribution in [2.45, 2.75) is 12.3 Å². The molecule has 0 aliphatic carbocycles. The van der Waals surface area contributed by atoms with Gasteiger partial charge in [0.15, 0.2) is 0 Å². The Hall–Kier alpha value is -0.710. The lowest BCUT2D eigenvalue weighted by Gasteiger charge is -2.11. The Balaban J connectivity index is 2.55. The van der Waals surface area contributed by atoms with Gasteiger partial charge in [-0.2, -0.15) is 11.8 Å². The second kappa shape index (κ2) is 7.58. The van der Waals surface area contributed by atoms with Crippen molar-refractivity contribution in [1.29, 1.82) is 0 Å². The summed E-state index contributed by atoms with van der Waals surface area (Å²) in [5.74, 6) is 3.06. The molecule has 0 aliphatic rings. The van der Waals surface area contributed by atoms with Crippen LogP contribution in [0.15, 0.2) is 18.2 Å². The minimum absolute atomic E-state index is 0.583. The van der Waals surface area contributed by atoms with E-state index in [-0.39, 0.29) is 0 Å². The number of hydrogen-bond acceptors (Lipinski definition) is 4. The van der Waals surface area contributed by atoms with Crippen molar-refractivity contribution in [2.75, 3.05) is 33.5 Å². The summed E-state index contributed by atoms with van der Waals surface area (Å²) >= 11 is 1.92. The van der Waals surface area contributed by atoms with Gasteiger partial charge < -0.3 is 15.4 Å². The molecule has 0 aliphatic heterocycles. The first kappa shape index (κ1) is 14.4. The van der Waals surface area contributed by atoms with Crippen LogP contribution in [0.25, 0.3) is 0 Å². The second-order valence-electron chi connectivity index (χ2n) is 4.21. The van der Waals surface area contributed by atoms with Crippen molar-refractivity contribution in [3.8, 4) is 5.75 Å². The maximum Gasteiger partial charge on any atom is 0.122 e. The van der Waals surface area contributed by atoms with Gasteiger partial charge in [-0.15, -0.1) is 0 Å². The summed E-state index contributed by atoms with van der Waals surface area (Å²) in [5.41, 5.74) is 8.05. The van der Waals surface area contributed by atoms with Crippen LogP contribution in [0.3, 0.4) is 0 Å². The Labute approximate surface area is 108 Å². The molecule has 0 saturated heterocycles. The molecule has 17 heavy (non-hydrogen) atoms. The Morgan fingerprint density at radius 2 is 2.12 bits per heavy atom. The molecule has 0 heterocycles. The minimum atomic E-state index is 0.583. The topological polar surface area (TPSA) is 38.5 Å². The molecule has 0 atom stereocenters. The summed E-state index contributed by atoms with van der Waals surface area (Å²) in [6.07, 6.45) is 0. The van der Waals surface area contributed by atoms with Crippen LogP contribution < -0.4 is 10.5 Å². The summed E-state index contributed by atoms with van der Waals surface area (Å²) in [4.78, 5) is 2.19. The zero-order valence-corrected chi connectivity index (χ0v) is 11.7. The molecular weight excluding hydrogens is 232 g/mol. The van der Waals surface area contributed by atoms with Crippen LogP contribution >= 0.6 is 11.8 Å². The summed E-state index contributed by atoms with van der Waals surface area (Å²) in [7, 11) is 5.90. The average molecular weight is 254 g/mol. The number of ether oxygens (including phenoxy) is 1. The molecule has 0 saturated carbocycles. The molecule has 0 radical (unpaired) electrons. The number of benzene rings is 1. The van der Waals surface area contributed by atoms with Crippen LogP contribution in [-0.4, -0.2) is 38.4 Å². The molecular formula is C13H22N2OS. The van der Waals surface area contributed by atoms with Gasteiger partial charge in [0, 0.05) is 30.2 Å². The summed E-state index contributed by atoms with van der Waals surface area (Å²) in [6.45, 7) is 1.68. The maximum atomic E-state index is 5.65. The lowest BCUT2D eigenvalue weighted by atomic mass is 10.1. The van der Waals surface area contributed by atoms with Gasteiger partial charge in [-0.1, -0.05) is 6.07 Å². The highest BCUT2D eigenvalue weighted by atomic mass is 32.2. The predicted molar refractivity (Wildman–Crippen MR) is 75.6 cm³/mol. The van der Waals surface area contributed by atoms with Gasteiger partial charge in [-0.3, -0.25) is 0 Å². The Morgan fingerprint density at radius 3 is 2.71 bits per heavy atom. The first-order chi connectivity index (χ1) is 8.17. The van der Waals surface area contributed by atoms with Crippen LogP contribution in [0.5, 0.6) is 5.75 Å². The van der Waals surface area contributed by atoms with Gasteiger partial charge in [0.25, 0.3) is 0 Å². The van der Waals surface area contributed by atoms with E-state index in [1.54, 1.807) is 7.11 Å². The molecule has 0 aromatic heterocycles. The van der Waals surface area contributed by atoms with Crippen molar-refractivity contribution in [2.24, 2.45) is 5.73 Å². The van der Waals surface area contributed by atoms with Crippen molar-refractivity contribution >= 4 is 11.8 Å². The van der Waals surface area contributed by atoms with Gasteiger partial charge in [-0.25, -0.2) is 0 Å². The molecule has 0 amide bonds. The fraction of sp³-hybridized carbons (Fsp3) is 0.538. The summed E-state index contributed by atoms with van der Waals surface area (Å²) in [5, 5.41) is 0. The third kappa shape index (κ3) is 4.98. The monoisotopic (exact) mass is 254 g/mol. The van der Waals surface area contributed by atoms with Crippen molar-refractivity contribution < 1.29 is 4.74 Å². The van der Waals surface area contributed by atoms with E-state index in [1.165, 1.54) is 5.56 Å². The molecule has 0 bridgehead atoms. The summed E-state index contributed by atoms with van der Waals surface area (Å²) < 4.78 is 5.36. The first-order valence-corrected chi connectivity index (χ1v) is 6.91. The van der Waals surface area contributed by atoms with E-state index in [4.69, 9.17) is 10.5 Å². The van der Waals surface area contributed by atoms with Crippen molar-refractivity contribution in [1.82, 2.24) is 4.90 Å². The second-order valence-corrected chi connectivity index (χ2v) is 5.31. The zero-order chi connectivity index (χ0) is 12.7. The van der Waals surface area contributed by atoms with E-state index in [1.807, 2.05) is 23.9 Å². The fourth-order valence-corrected chi connectivity index (χ4v) is 2.59. The highest BCUT2D eigenvalue weighted by Crippen LogP contribution is 2.24. The third-order valence-electron chi connectivity index (χ3n) is 2.52. The normalized spacial score (nSPS) is 10.9. The third-order valence-corrected chi connectivity index (χ3v) is 3.51. The standard InChI is InChI=1S/C13H22N2OS/c1-15(2)6-7-17-10-12-8-11(9-14)4-5-13(12)16-3/h4-5,8H,6-7,9-10,14H2,1-3H3. The number of nitrogens with two attached hydrogens (primary N) is 1. The van der Waals surface area contributed by atoms with Gasteiger partial charge in [0.1, 0.15) is 5.75 Å². The molecule has 0 unspecified atom stereocenters. The molecule has 1 rings (SSSR count). The van der Waals surface area contributed by atoms with Crippen LogP contribution in [0.2, 0.25) is 0 Å². The maximum absolute atomic E-state index is 5.65. The van der Waals surface area contributed by atoms with Crippen LogP contribution in [-0.2, 0) is 12.3 Å². The predicted octanol–water partition coefficient (Wildman–Crippen LogP) is 1.95. The van der Waals surface area contributed by atoms with Gasteiger partial charge >= 0.3 is 0 Å². The SMILES string of the molecule is COc1ccc(CN)cc1CSCCN(C)C. The van der Waals surface area contributed by atoms with Crippen LogP contribution in [0.4, 0.5) is 0 Å². The smallest absolute Gasteiger partial charge is 0.122 e. The number of hydrogen-bond donors (Lipinski definition) is 1. The van der Waals surface area contributed by atoms with E-state index in [0.29, 0.717) is 6.54 Å². The average Bonchev–Trinajstić information content (AvgIpc) is 2.34. The number of methoxy groups -OCH3 is 1. The molecule has 4 heteroatoms.